The molecule has 6 nitrogen and oxygen atoms in total. The number of ether oxygens (including phenoxy) is 2. The predicted octanol–water partition coefficient (Wildman–Crippen LogP) is 3.03. The Hall–Kier alpha value is -2.80. The summed E-state index contributed by atoms with van der Waals surface area (Å²) in [6.07, 6.45) is 0.366. The first-order valence-electron chi connectivity index (χ1n) is 9.27. The lowest BCUT2D eigenvalue weighted by Gasteiger charge is -2.38. The molecule has 2 atom stereocenters. The van der Waals surface area contributed by atoms with E-state index in [4.69, 9.17) is 26.8 Å². The van der Waals surface area contributed by atoms with E-state index >= 15 is 0 Å². The molecule has 0 bridgehead atoms. The highest BCUT2D eigenvalue weighted by Gasteiger charge is 2.34. The number of nitrogens with zero attached hydrogens (tertiary/aromatic N) is 1. The summed E-state index contributed by atoms with van der Waals surface area (Å²) < 4.78 is 24.6. The van der Waals surface area contributed by atoms with Gasteiger partial charge in [0.15, 0.2) is 6.61 Å². The predicted molar refractivity (Wildman–Crippen MR) is 106 cm³/mol. The van der Waals surface area contributed by atoms with Crippen molar-refractivity contribution in [3.8, 4) is 11.5 Å². The third-order valence-corrected chi connectivity index (χ3v) is 4.96. The van der Waals surface area contributed by atoms with Crippen LogP contribution in [0.25, 0.3) is 0 Å². The van der Waals surface area contributed by atoms with E-state index < -0.39 is 11.7 Å². The number of hydrogen-bond donors (Lipinski definition) is 1. The molecule has 0 radical (unpaired) electrons. The van der Waals surface area contributed by atoms with Gasteiger partial charge in [-0.1, -0.05) is 23.7 Å². The topological polar surface area (TPSA) is 81.9 Å². The first-order valence-corrected chi connectivity index (χ1v) is 9.65. The molecule has 2 amide bonds. The number of rotatable bonds is 7. The van der Waals surface area contributed by atoms with Gasteiger partial charge in [0.2, 0.25) is 5.91 Å². The van der Waals surface area contributed by atoms with Crippen molar-refractivity contribution >= 4 is 23.4 Å². The monoisotopic (exact) mass is 420 g/mol. The van der Waals surface area contributed by atoms with Crippen LogP contribution in [0.5, 0.6) is 11.5 Å². The van der Waals surface area contributed by atoms with Gasteiger partial charge in [-0.05, 0) is 30.3 Å². The van der Waals surface area contributed by atoms with Crippen LogP contribution in [0.1, 0.15) is 12.8 Å². The van der Waals surface area contributed by atoms with Gasteiger partial charge in [-0.2, -0.15) is 0 Å². The van der Waals surface area contributed by atoms with E-state index in [1.54, 1.807) is 35.2 Å². The van der Waals surface area contributed by atoms with E-state index in [1.165, 1.54) is 18.2 Å². The van der Waals surface area contributed by atoms with Gasteiger partial charge in [-0.15, -0.1) is 0 Å². The fourth-order valence-corrected chi connectivity index (χ4v) is 3.54. The summed E-state index contributed by atoms with van der Waals surface area (Å²) in [5.41, 5.74) is 5.39. The lowest BCUT2D eigenvalue weighted by molar-refractivity contribution is -0.138. The minimum Gasteiger partial charge on any atom is -0.490 e. The van der Waals surface area contributed by atoms with E-state index in [2.05, 4.69) is 0 Å². The van der Waals surface area contributed by atoms with Crippen molar-refractivity contribution in [1.82, 2.24) is 4.90 Å². The number of benzene rings is 2. The number of hydrogen-bond acceptors (Lipinski definition) is 4. The Labute approximate surface area is 173 Å². The minimum atomic E-state index is -0.458. The molecule has 0 aromatic heterocycles. The van der Waals surface area contributed by atoms with E-state index in [1.807, 2.05) is 0 Å². The zero-order valence-corrected chi connectivity index (χ0v) is 16.5. The van der Waals surface area contributed by atoms with Crippen LogP contribution in [0, 0.1) is 11.7 Å². The molecule has 1 aliphatic heterocycles. The number of halogens is 2. The number of primary amides is 1. The maximum Gasteiger partial charge on any atom is 0.260 e. The number of carbonyl (C=O) groups excluding carboxylic acids is 2. The molecule has 1 saturated heterocycles. The maximum atomic E-state index is 13.2. The lowest BCUT2D eigenvalue weighted by Crippen LogP contribution is -2.50. The van der Waals surface area contributed by atoms with Gasteiger partial charge < -0.3 is 20.1 Å². The molecule has 2 aromatic rings. The van der Waals surface area contributed by atoms with Crippen molar-refractivity contribution in [2.24, 2.45) is 11.7 Å². The van der Waals surface area contributed by atoms with Crippen molar-refractivity contribution in [1.29, 1.82) is 0 Å². The molecule has 0 unspecified atom stereocenters. The molecule has 29 heavy (non-hydrogen) atoms. The summed E-state index contributed by atoms with van der Waals surface area (Å²) in [5.74, 6) is -0.504. The molecule has 154 valence electrons. The molecule has 3 rings (SSSR count). The highest BCUT2D eigenvalue weighted by atomic mass is 35.5. The third-order valence-electron chi connectivity index (χ3n) is 4.72. The van der Waals surface area contributed by atoms with Crippen molar-refractivity contribution < 1.29 is 23.5 Å². The van der Waals surface area contributed by atoms with E-state index in [9.17, 15) is 14.0 Å². The largest absolute Gasteiger partial charge is 0.490 e. The zero-order valence-electron chi connectivity index (χ0n) is 15.7. The van der Waals surface area contributed by atoms with Crippen LogP contribution in [-0.2, 0) is 9.59 Å². The average Bonchev–Trinajstić information content (AvgIpc) is 2.67. The van der Waals surface area contributed by atoms with Crippen LogP contribution in [0.4, 0.5) is 4.39 Å². The Balaban J connectivity index is 1.61. The van der Waals surface area contributed by atoms with Gasteiger partial charge in [-0.3, -0.25) is 9.59 Å². The quantitative estimate of drug-likeness (QED) is 0.746. The summed E-state index contributed by atoms with van der Waals surface area (Å²) in [4.78, 5) is 25.7. The fourth-order valence-electron chi connectivity index (χ4n) is 3.36. The standard InChI is InChI=1S/C21H22ClFN2O4/c22-15-3-1-6-18(10-15)29-19-7-8-25(12-14(19)9-20(24)26)21(27)13-28-17-5-2-4-16(23)11-17/h1-6,10-11,14,19H,7-9,12-13H2,(H2,24,26)/t14-,19-/m0/s1. The van der Waals surface area contributed by atoms with Crippen LogP contribution in [-0.4, -0.2) is 42.5 Å². The van der Waals surface area contributed by atoms with Gasteiger partial charge in [-0.25, -0.2) is 4.39 Å². The van der Waals surface area contributed by atoms with Gasteiger partial charge in [0.25, 0.3) is 5.91 Å². The van der Waals surface area contributed by atoms with Crippen molar-refractivity contribution in [2.75, 3.05) is 19.7 Å². The molecule has 8 heteroatoms. The number of likely N-dealkylation sites (tertiary alicyclic amines) is 1. The Morgan fingerprint density at radius 1 is 1.17 bits per heavy atom. The summed E-state index contributed by atoms with van der Waals surface area (Å²) in [6.45, 7) is 0.553. The second kappa shape index (κ2) is 9.60. The van der Waals surface area contributed by atoms with Crippen LogP contribution in [0.2, 0.25) is 5.02 Å². The molecule has 0 aliphatic carbocycles. The highest BCUT2D eigenvalue weighted by Crippen LogP contribution is 2.27. The van der Waals surface area contributed by atoms with Crippen molar-refractivity contribution in [3.05, 3.63) is 59.4 Å². The molecule has 1 heterocycles. The SMILES string of the molecule is NC(=O)C[C@H]1CN(C(=O)COc2cccc(F)c2)CC[C@@H]1Oc1cccc(Cl)c1. The fraction of sp³-hybridized carbons (Fsp3) is 0.333. The number of nitrogens with two attached hydrogens (primary N) is 1. The molecule has 1 fully saturated rings. The molecular formula is C21H22ClFN2O4. The highest BCUT2D eigenvalue weighted by molar-refractivity contribution is 6.30. The van der Waals surface area contributed by atoms with Crippen molar-refractivity contribution in [2.45, 2.75) is 18.9 Å². The maximum absolute atomic E-state index is 13.2. The Morgan fingerprint density at radius 3 is 2.66 bits per heavy atom. The molecule has 2 N–H and O–H groups in total. The number of piperidine rings is 1. The minimum absolute atomic E-state index is 0.0970. The first-order chi connectivity index (χ1) is 13.9. The second-order valence-electron chi connectivity index (χ2n) is 6.92. The van der Waals surface area contributed by atoms with Gasteiger partial charge >= 0.3 is 0 Å². The summed E-state index contributed by atoms with van der Waals surface area (Å²) in [6, 6.07) is 12.6. The van der Waals surface area contributed by atoms with Crippen LogP contribution >= 0.6 is 11.6 Å². The van der Waals surface area contributed by atoms with E-state index in [0.29, 0.717) is 30.3 Å². The summed E-state index contributed by atoms with van der Waals surface area (Å²) in [7, 11) is 0. The first kappa shape index (κ1) is 20.9. The molecule has 0 spiro atoms. The summed E-state index contributed by atoms with van der Waals surface area (Å²) >= 11 is 6.00. The molecular weight excluding hydrogens is 399 g/mol. The van der Waals surface area contributed by atoms with Gasteiger partial charge in [0, 0.05) is 42.9 Å². The van der Waals surface area contributed by atoms with Crippen LogP contribution < -0.4 is 15.2 Å². The van der Waals surface area contributed by atoms with Crippen LogP contribution in [0.3, 0.4) is 0 Å². The lowest BCUT2D eigenvalue weighted by atomic mass is 9.91. The molecule has 1 aliphatic rings. The van der Waals surface area contributed by atoms with Gasteiger partial charge in [0.05, 0.1) is 0 Å². The summed E-state index contributed by atoms with van der Waals surface area (Å²) in [5, 5.41) is 0.552. The molecule has 2 aromatic carbocycles. The Morgan fingerprint density at radius 2 is 1.93 bits per heavy atom. The number of amides is 2. The number of carbonyl (C=O) groups is 2. The van der Waals surface area contributed by atoms with Crippen LogP contribution in [0.15, 0.2) is 48.5 Å². The Kier molecular flexibility index (Phi) is 6.93. The van der Waals surface area contributed by atoms with E-state index in [-0.39, 0.29) is 36.7 Å². The Bertz CT molecular complexity index is 879. The van der Waals surface area contributed by atoms with E-state index in [0.717, 1.165) is 0 Å². The zero-order chi connectivity index (χ0) is 20.8. The normalized spacial score (nSPS) is 18.9. The smallest absolute Gasteiger partial charge is 0.260 e. The second-order valence-corrected chi connectivity index (χ2v) is 7.36. The average molecular weight is 421 g/mol. The van der Waals surface area contributed by atoms with Gasteiger partial charge in [0.1, 0.15) is 23.4 Å². The molecule has 0 saturated carbocycles. The third kappa shape index (κ3) is 6.09. The van der Waals surface area contributed by atoms with Crippen molar-refractivity contribution in [3.63, 3.8) is 0 Å².